The molecule has 1 aliphatic rings. The third-order valence-corrected chi connectivity index (χ3v) is 1.49. The van der Waals surface area contributed by atoms with Crippen molar-refractivity contribution in [1.82, 2.24) is 9.62 Å². The SMILES string of the molecule is CC.CC.O=C1CNCCN1S. The number of rotatable bonds is 0. The van der Waals surface area contributed by atoms with E-state index >= 15 is 0 Å². The molecule has 1 saturated heterocycles. The molecular weight excluding hydrogens is 172 g/mol. The molecule has 74 valence electrons. The van der Waals surface area contributed by atoms with Crippen LogP contribution in [0.25, 0.3) is 0 Å². The van der Waals surface area contributed by atoms with E-state index in [-0.39, 0.29) is 5.91 Å². The van der Waals surface area contributed by atoms with Gasteiger partial charge in [-0.15, -0.1) is 0 Å². The van der Waals surface area contributed by atoms with E-state index in [0.29, 0.717) is 13.1 Å². The zero-order valence-corrected chi connectivity index (χ0v) is 9.32. The molecule has 0 spiro atoms. The van der Waals surface area contributed by atoms with Gasteiger partial charge in [0.05, 0.1) is 6.54 Å². The third kappa shape index (κ3) is 6.49. The van der Waals surface area contributed by atoms with Crippen molar-refractivity contribution in [1.29, 1.82) is 0 Å². The van der Waals surface area contributed by atoms with E-state index in [1.54, 1.807) is 0 Å². The Morgan fingerprint density at radius 2 is 1.83 bits per heavy atom. The summed E-state index contributed by atoms with van der Waals surface area (Å²) >= 11 is 3.90. The molecule has 0 radical (unpaired) electrons. The quantitative estimate of drug-likeness (QED) is 0.567. The maximum absolute atomic E-state index is 10.6. The van der Waals surface area contributed by atoms with Gasteiger partial charge in [0, 0.05) is 13.1 Å². The van der Waals surface area contributed by atoms with Crippen molar-refractivity contribution in [3.63, 3.8) is 0 Å². The minimum Gasteiger partial charge on any atom is -0.307 e. The van der Waals surface area contributed by atoms with Crippen LogP contribution in [0.2, 0.25) is 0 Å². The predicted octanol–water partition coefficient (Wildman–Crippen LogP) is 1.32. The molecule has 1 rings (SSSR count). The topological polar surface area (TPSA) is 32.3 Å². The van der Waals surface area contributed by atoms with Crippen LogP contribution >= 0.6 is 12.8 Å². The van der Waals surface area contributed by atoms with Crippen LogP contribution in [0.4, 0.5) is 0 Å². The first-order chi connectivity index (χ1) is 5.80. The van der Waals surface area contributed by atoms with Crippen molar-refractivity contribution in [2.45, 2.75) is 27.7 Å². The Morgan fingerprint density at radius 1 is 1.33 bits per heavy atom. The summed E-state index contributed by atoms with van der Waals surface area (Å²) in [5.74, 6) is 0.0552. The molecule has 0 aromatic heterocycles. The Balaban J connectivity index is 0. The minimum absolute atomic E-state index is 0.0552. The largest absolute Gasteiger partial charge is 0.307 e. The van der Waals surface area contributed by atoms with Gasteiger partial charge in [0.1, 0.15) is 0 Å². The average molecular weight is 192 g/mol. The molecule has 0 saturated carbocycles. The lowest BCUT2D eigenvalue weighted by Crippen LogP contribution is -2.43. The fourth-order valence-corrected chi connectivity index (χ4v) is 0.767. The van der Waals surface area contributed by atoms with Gasteiger partial charge in [0.25, 0.3) is 0 Å². The van der Waals surface area contributed by atoms with Crippen molar-refractivity contribution >= 4 is 18.7 Å². The summed E-state index contributed by atoms with van der Waals surface area (Å²) < 4.78 is 1.43. The number of hydrogen-bond acceptors (Lipinski definition) is 3. The number of amides is 1. The van der Waals surface area contributed by atoms with Crippen molar-refractivity contribution in [2.24, 2.45) is 0 Å². The molecule has 1 aliphatic heterocycles. The average Bonchev–Trinajstić information content (AvgIpc) is 2.17. The molecule has 0 aromatic carbocycles. The van der Waals surface area contributed by atoms with Crippen molar-refractivity contribution in [3.05, 3.63) is 0 Å². The van der Waals surface area contributed by atoms with Gasteiger partial charge in [-0.3, -0.25) is 9.10 Å². The fourth-order valence-electron chi connectivity index (χ4n) is 0.596. The van der Waals surface area contributed by atoms with Gasteiger partial charge >= 0.3 is 0 Å². The van der Waals surface area contributed by atoms with Gasteiger partial charge in [-0.1, -0.05) is 40.5 Å². The van der Waals surface area contributed by atoms with E-state index < -0.39 is 0 Å². The first-order valence-corrected chi connectivity index (χ1v) is 4.90. The van der Waals surface area contributed by atoms with Gasteiger partial charge < -0.3 is 5.32 Å². The Morgan fingerprint density at radius 3 is 2.08 bits per heavy atom. The van der Waals surface area contributed by atoms with Crippen molar-refractivity contribution < 1.29 is 4.79 Å². The van der Waals surface area contributed by atoms with Crippen LogP contribution in [0, 0.1) is 0 Å². The van der Waals surface area contributed by atoms with E-state index in [1.807, 2.05) is 27.7 Å². The third-order valence-electron chi connectivity index (χ3n) is 1.06. The van der Waals surface area contributed by atoms with Crippen LogP contribution in [0.5, 0.6) is 0 Å². The summed E-state index contributed by atoms with van der Waals surface area (Å²) in [6.07, 6.45) is 0. The number of piperazine rings is 1. The summed E-state index contributed by atoms with van der Waals surface area (Å²) in [5.41, 5.74) is 0. The van der Waals surface area contributed by atoms with E-state index in [4.69, 9.17) is 0 Å². The molecular formula is C8H20N2OS. The maximum atomic E-state index is 10.6. The number of thiol groups is 1. The first kappa shape index (κ1) is 14.3. The number of nitrogens with zero attached hydrogens (tertiary/aromatic N) is 1. The van der Waals surface area contributed by atoms with Gasteiger partial charge in [-0.05, 0) is 0 Å². The van der Waals surface area contributed by atoms with Gasteiger partial charge in [-0.2, -0.15) is 0 Å². The Kier molecular flexibility index (Phi) is 12.9. The summed E-state index contributed by atoms with van der Waals surface area (Å²) in [5, 5.41) is 2.92. The van der Waals surface area contributed by atoms with E-state index in [2.05, 4.69) is 18.1 Å². The van der Waals surface area contributed by atoms with E-state index in [0.717, 1.165) is 6.54 Å². The highest BCUT2D eigenvalue weighted by Crippen LogP contribution is 1.95. The number of hydrogen-bond donors (Lipinski definition) is 2. The summed E-state index contributed by atoms with van der Waals surface area (Å²) in [6, 6.07) is 0. The van der Waals surface area contributed by atoms with Crippen LogP contribution in [0.1, 0.15) is 27.7 Å². The second-order valence-corrected chi connectivity index (χ2v) is 2.18. The van der Waals surface area contributed by atoms with Crippen molar-refractivity contribution in [2.75, 3.05) is 19.6 Å². The summed E-state index contributed by atoms with van der Waals surface area (Å²) in [4.78, 5) is 10.6. The normalized spacial score (nSPS) is 15.4. The highest BCUT2D eigenvalue weighted by atomic mass is 32.1. The molecule has 0 aliphatic carbocycles. The zero-order valence-electron chi connectivity index (χ0n) is 8.42. The number of carbonyl (C=O) groups excluding carboxylic acids is 1. The molecule has 1 N–H and O–H groups in total. The Labute approximate surface area is 81.1 Å². The Hall–Kier alpha value is -0.220. The lowest BCUT2D eigenvalue weighted by atomic mass is 10.4. The summed E-state index contributed by atoms with van der Waals surface area (Å²) in [7, 11) is 0. The van der Waals surface area contributed by atoms with Gasteiger partial charge in [-0.25, -0.2) is 0 Å². The highest BCUT2D eigenvalue weighted by molar-refractivity contribution is 7.78. The van der Waals surface area contributed by atoms with Crippen LogP contribution in [-0.4, -0.2) is 29.8 Å². The molecule has 4 heteroatoms. The van der Waals surface area contributed by atoms with E-state index in [9.17, 15) is 4.79 Å². The second kappa shape index (κ2) is 10.8. The molecule has 0 unspecified atom stereocenters. The molecule has 0 aromatic rings. The molecule has 0 atom stereocenters. The van der Waals surface area contributed by atoms with Gasteiger partial charge in [0.2, 0.25) is 5.91 Å². The van der Waals surface area contributed by atoms with Crippen LogP contribution in [0.15, 0.2) is 0 Å². The monoisotopic (exact) mass is 192 g/mol. The van der Waals surface area contributed by atoms with Crippen LogP contribution in [0.3, 0.4) is 0 Å². The summed E-state index contributed by atoms with van der Waals surface area (Å²) in [6.45, 7) is 10.0. The molecule has 3 nitrogen and oxygen atoms in total. The fraction of sp³-hybridized carbons (Fsp3) is 0.875. The highest BCUT2D eigenvalue weighted by Gasteiger charge is 2.12. The maximum Gasteiger partial charge on any atom is 0.246 e. The van der Waals surface area contributed by atoms with Crippen LogP contribution in [-0.2, 0) is 4.79 Å². The smallest absolute Gasteiger partial charge is 0.246 e. The minimum atomic E-state index is 0.0552. The standard InChI is InChI=1S/C4H8N2OS.2C2H6/c7-4-3-5-1-2-6(4)8;2*1-2/h5,8H,1-3H2;2*1-2H3. The number of nitrogens with one attached hydrogen (secondary N) is 1. The van der Waals surface area contributed by atoms with E-state index in [1.165, 1.54) is 4.31 Å². The lowest BCUT2D eigenvalue weighted by molar-refractivity contribution is -0.126. The van der Waals surface area contributed by atoms with Gasteiger partial charge in [0.15, 0.2) is 0 Å². The zero-order chi connectivity index (χ0) is 9.98. The number of carbonyl (C=O) groups is 1. The molecule has 0 bridgehead atoms. The predicted molar refractivity (Wildman–Crippen MR) is 56.3 cm³/mol. The molecule has 1 heterocycles. The molecule has 1 amide bonds. The molecule has 12 heavy (non-hydrogen) atoms. The lowest BCUT2D eigenvalue weighted by Gasteiger charge is -2.20. The second-order valence-electron chi connectivity index (χ2n) is 1.69. The Bertz CT molecular complexity index is 109. The molecule has 1 fully saturated rings. The van der Waals surface area contributed by atoms with Crippen LogP contribution < -0.4 is 5.32 Å². The first-order valence-electron chi connectivity index (χ1n) is 4.50. The van der Waals surface area contributed by atoms with Crippen molar-refractivity contribution in [3.8, 4) is 0 Å².